The third-order valence-corrected chi connectivity index (χ3v) is 7.00. The normalized spacial score (nSPS) is 18.4. The summed E-state index contributed by atoms with van der Waals surface area (Å²) in [6.07, 6.45) is 0.603. The maximum absolute atomic E-state index is 12.9. The van der Waals surface area contributed by atoms with Crippen molar-refractivity contribution in [2.75, 3.05) is 13.2 Å². The second kappa shape index (κ2) is 11.0. The molecule has 0 bridgehead atoms. The molecule has 2 aromatic carbocycles. The van der Waals surface area contributed by atoms with Crippen molar-refractivity contribution in [2.45, 2.75) is 30.3 Å². The fourth-order valence-electron chi connectivity index (χ4n) is 2.73. The predicted molar refractivity (Wildman–Crippen MR) is 116 cm³/mol. The minimum absolute atomic E-state index is 0.0127. The number of hydrogen-bond acceptors (Lipinski definition) is 5. The van der Waals surface area contributed by atoms with Gasteiger partial charge in [-0.3, -0.25) is 0 Å². The Hall–Kier alpha value is -1.51. The summed E-state index contributed by atoms with van der Waals surface area (Å²) in [5.41, 5.74) is 0. The van der Waals surface area contributed by atoms with Gasteiger partial charge < -0.3 is 10.1 Å². The standard InChI is InChI=1S/C17H17Br2FN2O3S.C2H3N/c18-11-1-6-16(19)17(7-11)26(23,24)22-13-8-14(21-9-13)10-25-15-4-2-12(20)3-5-15;1-2-3/h1-7,13-14,21-22H,8-10H2;1H3/t13-,14-;/m1./s1. The maximum Gasteiger partial charge on any atom is 0.242 e. The Morgan fingerprint density at radius 3 is 2.59 bits per heavy atom. The van der Waals surface area contributed by atoms with E-state index in [4.69, 9.17) is 10.00 Å². The molecule has 1 aliphatic heterocycles. The molecule has 156 valence electrons. The lowest BCUT2D eigenvalue weighted by Gasteiger charge is -2.14. The first-order chi connectivity index (χ1) is 13.7. The molecule has 1 saturated heterocycles. The highest BCUT2D eigenvalue weighted by molar-refractivity contribution is 9.11. The molecular formula is C19H20Br2FN3O3S. The topological polar surface area (TPSA) is 91.2 Å². The van der Waals surface area contributed by atoms with E-state index in [1.165, 1.54) is 19.1 Å². The van der Waals surface area contributed by atoms with Crippen molar-refractivity contribution in [3.05, 3.63) is 57.2 Å². The van der Waals surface area contributed by atoms with E-state index in [0.29, 0.717) is 34.3 Å². The van der Waals surface area contributed by atoms with Crippen molar-refractivity contribution in [1.29, 1.82) is 5.26 Å². The lowest BCUT2D eigenvalue weighted by Crippen LogP contribution is -2.36. The number of nitrogens with zero attached hydrogens (tertiary/aromatic N) is 1. The smallest absolute Gasteiger partial charge is 0.242 e. The number of hydrogen-bond donors (Lipinski definition) is 2. The van der Waals surface area contributed by atoms with Crippen LogP contribution in [0.15, 0.2) is 56.3 Å². The molecular weight excluding hydrogens is 529 g/mol. The molecule has 2 N–H and O–H groups in total. The lowest BCUT2D eigenvalue weighted by molar-refractivity contribution is 0.276. The first kappa shape index (κ1) is 23.8. The summed E-state index contributed by atoms with van der Waals surface area (Å²) in [4.78, 5) is 0.192. The summed E-state index contributed by atoms with van der Waals surface area (Å²) in [6.45, 7) is 2.33. The molecule has 0 saturated carbocycles. The average molecular weight is 549 g/mol. The molecule has 0 unspecified atom stereocenters. The summed E-state index contributed by atoms with van der Waals surface area (Å²) in [7, 11) is -3.64. The zero-order chi connectivity index (χ0) is 21.4. The lowest BCUT2D eigenvalue weighted by atomic mass is 10.2. The molecule has 0 radical (unpaired) electrons. The van der Waals surface area contributed by atoms with E-state index in [0.717, 1.165) is 0 Å². The molecule has 1 heterocycles. The third kappa shape index (κ3) is 7.35. The summed E-state index contributed by atoms with van der Waals surface area (Å²) in [5.74, 6) is 0.264. The van der Waals surface area contributed by atoms with Crippen molar-refractivity contribution >= 4 is 41.9 Å². The van der Waals surface area contributed by atoms with Crippen LogP contribution >= 0.6 is 31.9 Å². The summed E-state index contributed by atoms with van der Waals surface area (Å²) >= 11 is 6.57. The fourth-order valence-corrected chi connectivity index (χ4v) is 5.48. The van der Waals surface area contributed by atoms with Crippen LogP contribution in [0.4, 0.5) is 4.39 Å². The molecule has 0 aromatic heterocycles. The van der Waals surface area contributed by atoms with Gasteiger partial charge in [0.1, 0.15) is 18.2 Å². The van der Waals surface area contributed by atoms with Crippen LogP contribution in [0.1, 0.15) is 13.3 Å². The minimum Gasteiger partial charge on any atom is -0.492 e. The van der Waals surface area contributed by atoms with Crippen molar-refractivity contribution in [3.63, 3.8) is 0 Å². The Morgan fingerprint density at radius 1 is 1.28 bits per heavy atom. The number of nitrogens with one attached hydrogen (secondary N) is 2. The number of benzene rings is 2. The van der Waals surface area contributed by atoms with Gasteiger partial charge in [-0.05, 0) is 64.8 Å². The van der Waals surface area contributed by atoms with E-state index in [2.05, 4.69) is 41.9 Å². The maximum atomic E-state index is 12.9. The summed E-state index contributed by atoms with van der Waals surface area (Å²) < 4.78 is 47.7. The van der Waals surface area contributed by atoms with E-state index < -0.39 is 10.0 Å². The van der Waals surface area contributed by atoms with Gasteiger partial charge in [-0.25, -0.2) is 17.5 Å². The quantitative estimate of drug-likeness (QED) is 0.570. The molecule has 1 aliphatic rings. The second-order valence-corrected chi connectivity index (χ2v) is 9.67. The van der Waals surface area contributed by atoms with Gasteiger partial charge in [-0.15, -0.1) is 0 Å². The van der Waals surface area contributed by atoms with E-state index >= 15 is 0 Å². The number of sulfonamides is 1. The highest BCUT2D eigenvalue weighted by atomic mass is 79.9. The number of halogens is 3. The SMILES string of the molecule is CC#N.O=S(=O)(N[C@H]1CN[C@@H](COc2ccc(F)cc2)C1)c1cc(Br)ccc1Br. The van der Waals surface area contributed by atoms with Crippen LogP contribution in [0.2, 0.25) is 0 Å². The molecule has 29 heavy (non-hydrogen) atoms. The van der Waals surface area contributed by atoms with Crippen LogP contribution in [-0.4, -0.2) is 33.7 Å². The molecule has 0 amide bonds. The van der Waals surface area contributed by atoms with Crippen LogP contribution in [0, 0.1) is 17.1 Å². The monoisotopic (exact) mass is 547 g/mol. The van der Waals surface area contributed by atoms with Gasteiger partial charge in [-0.1, -0.05) is 15.9 Å². The zero-order valence-corrected chi connectivity index (χ0v) is 19.5. The van der Waals surface area contributed by atoms with E-state index in [1.807, 2.05) is 0 Å². The van der Waals surface area contributed by atoms with Crippen LogP contribution in [-0.2, 0) is 10.0 Å². The number of rotatable bonds is 6. The average Bonchev–Trinajstić information content (AvgIpc) is 3.10. The largest absolute Gasteiger partial charge is 0.492 e. The fraction of sp³-hybridized carbons (Fsp3) is 0.316. The Bertz CT molecular complexity index is 966. The van der Waals surface area contributed by atoms with Crippen LogP contribution in [0.3, 0.4) is 0 Å². The second-order valence-electron chi connectivity index (χ2n) is 6.22. The van der Waals surface area contributed by atoms with Crippen molar-refractivity contribution in [1.82, 2.24) is 10.0 Å². The molecule has 1 fully saturated rings. The Kier molecular flexibility index (Phi) is 9.04. The van der Waals surface area contributed by atoms with Crippen molar-refractivity contribution in [2.24, 2.45) is 0 Å². The molecule has 0 spiro atoms. The summed E-state index contributed by atoms with van der Waals surface area (Å²) in [5, 5.41) is 10.6. The van der Waals surface area contributed by atoms with E-state index in [-0.39, 0.29) is 22.8 Å². The zero-order valence-electron chi connectivity index (χ0n) is 15.5. The molecule has 2 atom stereocenters. The first-order valence-corrected chi connectivity index (χ1v) is 11.7. The molecule has 3 rings (SSSR count). The molecule has 0 aliphatic carbocycles. The van der Waals surface area contributed by atoms with Gasteiger partial charge in [0.05, 0.1) is 11.0 Å². The highest BCUT2D eigenvalue weighted by Gasteiger charge is 2.29. The molecule has 6 nitrogen and oxygen atoms in total. The van der Waals surface area contributed by atoms with Gasteiger partial charge in [0, 0.05) is 34.5 Å². The van der Waals surface area contributed by atoms with Gasteiger partial charge in [0.2, 0.25) is 10.0 Å². The van der Waals surface area contributed by atoms with Gasteiger partial charge in [-0.2, -0.15) is 5.26 Å². The van der Waals surface area contributed by atoms with Crippen LogP contribution < -0.4 is 14.8 Å². The Balaban J connectivity index is 0.000000941. The van der Waals surface area contributed by atoms with Crippen molar-refractivity contribution in [3.8, 4) is 11.8 Å². The molecule has 10 heteroatoms. The number of nitriles is 1. The Labute approximate surface area is 186 Å². The molecule has 2 aromatic rings. The number of ether oxygens (including phenoxy) is 1. The highest BCUT2D eigenvalue weighted by Crippen LogP contribution is 2.26. The van der Waals surface area contributed by atoms with Crippen molar-refractivity contribution < 1.29 is 17.5 Å². The van der Waals surface area contributed by atoms with Gasteiger partial charge >= 0.3 is 0 Å². The van der Waals surface area contributed by atoms with E-state index in [1.54, 1.807) is 36.4 Å². The minimum atomic E-state index is -3.64. The Morgan fingerprint density at radius 2 is 1.93 bits per heavy atom. The van der Waals surface area contributed by atoms with Crippen LogP contribution in [0.25, 0.3) is 0 Å². The van der Waals surface area contributed by atoms with E-state index in [9.17, 15) is 12.8 Å². The summed E-state index contributed by atoms with van der Waals surface area (Å²) in [6, 6.07) is 12.3. The third-order valence-electron chi connectivity index (χ3n) is 3.99. The first-order valence-electron chi connectivity index (χ1n) is 8.65. The van der Waals surface area contributed by atoms with Gasteiger partial charge in [0.25, 0.3) is 0 Å². The van der Waals surface area contributed by atoms with Gasteiger partial charge in [0.15, 0.2) is 0 Å². The van der Waals surface area contributed by atoms with Crippen LogP contribution in [0.5, 0.6) is 5.75 Å². The predicted octanol–water partition coefficient (Wildman–Crippen LogP) is 3.97.